The number of nitriles is 1. The van der Waals surface area contributed by atoms with E-state index in [9.17, 15) is 0 Å². The van der Waals surface area contributed by atoms with Crippen LogP contribution in [0.2, 0.25) is 5.04 Å². The van der Waals surface area contributed by atoms with Crippen molar-refractivity contribution in [2.75, 3.05) is 0 Å². The summed E-state index contributed by atoms with van der Waals surface area (Å²) >= 11 is 1.64. The Bertz CT molecular complexity index is 867. The van der Waals surface area contributed by atoms with E-state index in [0.717, 1.165) is 10.4 Å². The van der Waals surface area contributed by atoms with E-state index in [0.29, 0.717) is 13.0 Å². The minimum absolute atomic E-state index is 0.0266. The van der Waals surface area contributed by atoms with E-state index in [-0.39, 0.29) is 5.04 Å². The lowest BCUT2D eigenvalue weighted by Crippen LogP contribution is -2.66. The summed E-state index contributed by atoms with van der Waals surface area (Å²) in [6, 6.07) is 25.7. The van der Waals surface area contributed by atoms with E-state index in [2.05, 4.69) is 99.0 Å². The first-order valence-electron chi connectivity index (χ1n) is 9.15. The van der Waals surface area contributed by atoms with Gasteiger partial charge in [0.25, 0.3) is 8.32 Å². The number of thiophene rings is 1. The van der Waals surface area contributed by atoms with Gasteiger partial charge in [0.1, 0.15) is 0 Å². The molecule has 4 heteroatoms. The molecule has 0 N–H and O–H groups in total. The summed E-state index contributed by atoms with van der Waals surface area (Å²) in [4.78, 5) is 1.10. The summed E-state index contributed by atoms with van der Waals surface area (Å²) in [6.45, 7) is 7.42. The van der Waals surface area contributed by atoms with Gasteiger partial charge in [0.15, 0.2) is 0 Å². The molecule has 0 saturated carbocycles. The van der Waals surface area contributed by atoms with Crippen LogP contribution in [0.4, 0.5) is 0 Å². The Labute approximate surface area is 167 Å². The molecule has 0 saturated heterocycles. The molecule has 27 heavy (non-hydrogen) atoms. The molecule has 1 heterocycles. The van der Waals surface area contributed by atoms with E-state index >= 15 is 0 Å². The Balaban J connectivity index is 2.05. The molecule has 2 nitrogen and oxygen atoms in total. The quantitative estimate of drug-likeness (QED) is 0.561. The highest BCUT2D eigenvalue weighted by atomic mass is 32.1. The van der Waals surface area contributed by atoms with Gasteiger partial charge in [0, 0.05) is 4.88 Å². The summed E-state index contributed by atoms with van der Waals surface area (Å²) in [5.74, 6) is 0. The van der Waals surface area contributed by atoms with Crippen molar-refractivity contribution in [2.45, 2.75) is 38.8 Å². The molecule has 0 atom stereocenters. The van der Waals surface area contributed by atoms with Crippen LogP contribution in [0, 0.1) is 11.3 Å². The summed E-state index contributed by atoms with van der Waals surface area (Å²) in [7, 11) is -2.50. The van der Waals surface area contributed by atoms with Crippen molar-refractivity contribution in [3.8, 4) is 6.07 Å². The number of rotatable bonds is 6. The van der Waals surface area contributed by atoms with Gasteiger partial charge in [0.05, 0.1) is 19.1 Å². The van der Waals surface area contributed by atoms with Crippen molar-refractivity contribution < 1.29 is 4.43 Å². The van der Waals surface area contributed by atoms with Gasteiger partial charge in [-0.2, -0.15) is 5.26 Å². The first-order valence-corrected chi connectivity index (χ1v) is 11.9. The lowest BCUT2D eigenvalue weighted by Gasteiger charge is -2.43. The average Bonchev–Trinajstić information content (AvgIpc) is 3.11. The van der Waals surface area contributed by atoms with E-state index in [1.807, 2.05) is 0 Å². The maximum Gasteiger partial charge on any atom is 0.261 e. The minimum atomic E-state index is -2.50. The van der Waals surface area contributed by atoms with Crippen molar-refractivity contribution in [2.24, 2.45) is 0 Å². The first-order chi connectivity index (χ1) is 13.0. The molecule has 0 aliphatic carbocycles. The topological polar surface area (TPSA) is 33.0 Å². The van der Waals surface area contributed by atoms with Crippen molar-refractivity contribution >= 4 is 30.0 Å². The molecule has 1 aromatic heterocycles. The number of nitrogens with zero attached hydrogens (tertiary/aromatic N) is 1. The lowest BCUT2D eigenvalue weighted by atomic mass is 10.2. The maximum atomic E-state index is 8.92. The highest BCUT2D eigenvalue weighted by Gasteiger charge is 2.50. The van der Waals surface area contributed by atoms with Gasteiger partial charge in [-0.1, -0.05) is 81.4 Å². The van der Waals surface area contributed by atoms with Crippen molar-refractivity contribution in [1.82, 2.24) is 0 Å². The van der Waals surface area contributed by atoms with E-state index < -0.39 is 8.32 Å². The summed E-state index contributed by atoms with van der Waals surface area (Å²) in [5.41, 5.74) is 1.15. The molecule has 0 radical (unpaired) electrons. The minimum Gasteiger partial charge on any atom is -0.403 e. The standard InChI is InChI=1S/C23H25NOSSi/c1-23(2,3)27(21-10-6-4-7-11-21,22-12-8-5-9-13-22)25-17-19-16-20(14-15-24)26-18-19/h4-13,16,18H,14,17H2,1-3H3. The molecular formula is C23H25NOSSi. The lowest BCUT2D eigenvalue weighted by molar-refractivity contribution is 0.286. The molecule has 0 unspecified atom stereocenters. The predicted molar refractivity (Wildman–Crippen MR) is 116 cm³/mol. The van der Waals surface area contributed by atoms with Crippen molar-refractivity contribution in [3.63, 3.8) is 0 Å². The zero-order chi connectivity index (χ0) is 19.3. The fourth-order valence-electron chi connectivity index (χ4n) is 3.63. The van der Waals surface area contributed by atoms with Gasteiger partial charge in [-0.05, 0) is 32.4 Å². The third-order valence-electron chi connectivity index (χ3n) is 4.83. The van der Waals surface area contributed by atoms with Crippen LogP contribution in [-0.4, -0.2) is 8.32 Å². The first kappa shape index (κ1) is 19.6. The average molecular weight is 392 g/mol. The fraction of sp³-hybridized carbons (Fsp3) is 0.261. The summed E-state index contributed by atoms with van der Waals surface area (Å²) in [6.07, 6.45) is 0.462. The molecule has 3 rings (SSSR count). The third kappa shape index (κ3) is 4.06. The van der Waals surface area contributed by atoms with Gasteiger partial charge in [-0.25, -0.2) is 0 Å². The van der Waals surface area contributed by atoms with Crippen LogP contribution in [-0.2, 0) is 17.5 Å². The van der Waals surface area contributed by atoms with E-state index in [1.165, 1.54) is 10.4 Å². The third-order valence-corrected chi connectivity index (χ3v) is 10.8. The molecule has 0 fully saturated rings. The zero-order valence-corrected chi connectivity index (χ0v) is 17.9. The zero-order valence-electron chi connectivity index (χ0n) is 16.1. The summed E-state index contributed by atoms with van der Waals surface area (Å²) in [5, 5.41) is 13.6. The Morgan fingerprint density at radius 1 is 0.963 bits per heavy atom. The second-order valence-corrected chi connectivity index (χ2v) is 13.0. The second kappa shape index (κ2) is 8.22. The number of benzene rings is 2. The van der Waals surface area contributed by atoms with Crippen molar-refractivity contribution in [1.29, 1.82) is 5.26 Å². The van der Waals surface area contributed by atoms with Crippen LogP contribution >= 0.6 is 11.3 Å². The SMILES string of the molecule is CC(C)(C)[Si](OCc1csc(CC#N)c1)(c1ccccc1)c1ccccc1. The smallest absolute Gasteiger partial charge is 0.261 e. The molecule has 0 aliphatic rings. The Hall–Kier alpha value is -2.19. The monoisotopic (exact) mass is 391 g/mol. The molecule has 3 aromatic rings. The molecule has 2 aromatic carbocycles. The van der Waals surface area contributed by atoms with Gasteiger partial charge >= 0.3 is 0 Å². The van der Waals surface area contributed by atoms with Crippen LogP contribution in [0.1, 0.15) is 31.2 Å². The van der Waals surface area contributed by atoms with Crippen LogP contribution in [0.25, 0.3) is 0 Å². The van der Waals surface area contributed by atoms with Gasteiger partial charge < -0.3 is 4.43 Å². The normalized spacial score (nSPS) is 11.9. The second-order valence-electron chi connectivity index (χ2n) is 7.71. The maximum absolute atomic E-state index is 8.92. The van der Waals surface area contributed by atoms with Crippen LogP contribution in [0.5, 0.6) is 0 Å². The highest BCUT2D eigenvalue weighted by Crippen LogP contribution is 2.37. The predicted octanol–water partition coefficient (Wildman–Crippen LogP) is 4.89. The van der Waals surface area contributed by atoms with Crippen LogP contribution < -0.4 is 10.4 Å². The molecular weight excluding hydrogens is 366 g/mol. The molecule has 0 spiro atoms. The Morgan fingerprint density at radius 3 is 2.00 bits per heavy atom. The Kier molecular flexibility index (Phi) is 5.96. The largest absolute Gasteiger partial charge is 0.403 e. The number of hydrogen-bond donors (Lipinski definition) is 0. The Morgan fingerprint density at radius 2 is 1.52 bits per heavy atom. The fourth-order valence-corrected chi connectivity index (χ4v) is 8.97. The van der Waals surface area contributed by atoms with E-state index in [4.69, 9.17) is 9.69 Å². The molecule has 0 aliphatic heterocycles. The van der Waals surface area contributed by atoms with Crippen LogP contribution in [0.3, 0.4) is 0 Å². The molecule has 138 valence electrons. The molecule has 0 bridgehead atoms. The van der Waals surface area contributed by atoms with Gasteiger partial charge in [-0.3, -0.25) is 0 Å². The van der Waals surface area contributed by atoms with E-state index in [1.54, 1.807) is 11.3 Å². The summed E-state index contributed by atoms with van der Waals surface area (Å²) < 4.78 is 6.91. The van der Waals surface area contributed by atoms with Gasteiger partial charge in [0.2, 0.25) is 0 Å². The number of hydrogen-bond acceptors (Lipinski definition) is 3. The van der Waals surface area contributed by atoms with Crippen molar-refractivity contribution in [3.05, 3.63) is 82.6 Å². The molecule has 0 amide bonds. The van der Waals surface area contributed by atoms with Gasteiger partial charge in [-0.15, -0.1) is 11.3 Å². The van der Waals surface area contributed by atoms with Crippen LogP contribution in [0.15, 0.2) is 72.1 Å². The highest BCUT2D eigenvalue weighted by molar-refractivity contribution is 7.10.